The molecule has 0 aliphatic heterocycles. The fourth-order valence-electron chi connectivity index (χ4n) is 2.79. The Morgan fingerprint density at radius 3 is 2.60 bits per heavy atom. The number of aryl methyl sites for hydroxylation is 2. The minimum absolute atomic E-state index is 0.117. The normalized spacial score (nSPS) is 22.3. The highest BCUT2D eigenvalue weighted by molar-refractivity contribution is 5.92. The van der Waals surface area contributed by atoms with Crippen molar-refractivity contribution in [3.8, 4) is 0 Å². The number of nitrogens with one attached hydrogen (secondary N) is 1. The molecule has 108 valence electrons. The van der Waals surface area contributed by atoms with Crippen LogP contribution < -0.4 is 5.32 Å². The van der Waals surface area contributed by atoms with Crippen LogP contribution in [0.15, 0.2) is 12.1 Å². The Morgan fingerprint density at radius 2 is 1.95 bits per heavy atom. The first-order chi connectivity index (χ1) is 9.45. The number of carboxylic acid groups (broad SMARTS) is 1. The van der Waals surface area contributed by atoms with Gasteiger partial charge in [0.05, 0.1) is 5.92 Å². The Kier molecular flexibility index (Phi) is 4.37. The van der Waals surface area contributed by atoms with Gasteiger partial charge in [0.25, 0.3) is 0 Å². The summed E-state index contributed by atoms with van der Waals surface area (Å²) in [6.45, 7) is 3.83. The zero-order valence-corrected chi connectivity index (χ0v) is 11.8. The fourth-order valence-corrected chi connectivity index (χ4v) is 2.79. The van der Waals surface area contributed by atoms with Crippen LogP contribution in [0.1, 0.15) is 36.9 Å². The maximum absolute atomic E-state index is 12.2. The Morgan fingerprint density at radius 1 is 1.25 bits per heavy atom. The molecule has 0 spiro atoms. The number of pyridine rings is 1. The smallest absolute Gasteiger partial charge is 0.306 e. The first-order valence-corrected chi connectivity index (χ1v) is 6.94. The summed E-state index contributed by atoms with van der Waals surface area (Å²) in [4.78, 5) is 27.5. The zero-order valence-electron chi connectivity index (χ0n) is 11.8. The van der Waals surface area contributed by atoms with Crippen LogP contribution >= 0.6 is 0 Å². The Hall–Kier alpha value is -1.91. The van der Waals surface area contributed by atoms with Gasteiger partial charge in [0.2, 0.25) is 5.91 Å². The molecule has 0 bridgehead atoms. The van der Waals surface area contributed by atoms with E-state index in [0.717, 1.165) is 24.1 Å². The summed E-state index contributed by atoms with van der Waals surface area (Å²) in [6.07, 6.45) is 2.63. The summed E-state index contributed by atoms with van der Waals surface area (Å²) >= 11 is 0. The van der Waals surface area contributed by atoms with Crippen LogP contribution in [0.4, 0.5) is 5.82 Å². The summed E-state index contributed by atoms with van der Waals surface area (Å²) in [5.74, 6) is -0.996. The molecule has 2 unspecified atom stereocenters. The van der Waals surface area contributed by atoms with Crippen molar-refractivity contribution in [2.75, 3.05) is 5.32 Å². The van der Waals surface area contributed by atoms with E-state index in [1.165, 1.54) is 0 Å². The minimum atomic E-state index is -0.799. The molecule has 0 aromatic carbocycles. The highest BCUT2D eigenvalue weighted by atomic mass is 16.4. The van der Waals surface area contributed by atoms with Gasteiger partial charge in [-0.15, -0.1) is 0 Å². The largest absolute Gasteiger partial charge is 0.481 e. The lowest BCUT2D eigenvalue weighted by atomic mass is 9.81. The number of hydrogen-bond donors (Lipinski definition) is 2. The van der Waals surface area contributed by atoms with Crippen molar-refractivity contribution in [3.63, 3.8) is 0 Å². The van der Waals surface area contributed by atoms with Crippen molar-refractivity contribution in [1.29, 1.82) is 0 Å². The Balaban J connectivity index is 2.02. The van der Waals surface area contributed by atoms with E-state index in [4.69, 9.17) is 5.11 Å². The van der Waals surface area contributed by atoms with Gasteiger partial charge in [0.1, 0.15) is 5.82 Å². The van der Waals surface area contributed by atoms with E-state index < -0.39 is 11.9 Å². The van der Waals surface area contributed by atoms with E-state index in [1.807, 2.05) is 26.0 Å². The number of rotatable bonds is 3. The number of aliphatic carboxylic acids is 1. The van der Waals surface area contributed by atoms with Gasteiger partial charge in [0, 0.05) is 11.6 Å². The topological polar surface area (TPSA) is 79.3 Å². The van der Waals surface area contributed by atoms with E-state index >= 15 is 0 Å². The average molecular weight is 276 g/mol. The summed E-state index contributed by atoms with van der Waals surface area (Å²) < 4.78 is 0. The van der Waals surface area contributed by atoms with E-state index in [0.29, 0.717) is 18.7 Å². The van der Waals surface area contributed by atoms with E-state index in [-0.39, 0.29) is 11.8 Å². The van der Waals surface area contributed by atoms with Crippen LogP contribution in [0.2, 0.25) is 0 Å². The van der Waals surface area contributed by atoms with Gasteiger partial charge in [-0.1, -0.05) is 6.42 Å². The molecule has 5 nitrogen and oxygen atoms in total. The van der Waals surface area contributed by atoms with Crippen molar-refractivity contribution in [2.24, 2.45) is 11.8 Å². The van der Waals surface area contributed by atoms with Crippen LogP contribution in [0, 0.1) is 25.7 Å². The molecule has 1 aromatic heterocycles. The summed E-state index contributed by atoms with van der Waals surface area (Å²) in [6, 6.07) is 3.76. The average Bonchev–Trinajstić information content (AvgIpc) is 2.37. The quantitative estimate of drug-likeness (QED) is 0.889. The molecule has 2 N–H and O–H groups in total. The van der Waals surface area contributed by atoms with Crippen molar-refractivity contribution in [3.05, 3.63) is 23.4 Å². The molecule has 1 amide bonds. The third-order valence-corrected chi connectivity index (χ3v) is 3.74. The van der Waals surface area contributed by atoms with Gasteiger partial charge in [0.15, 0.2) is 0 Å². The molecule has 0 saturated heterocycles. The van der Waals surface area contributed by atoms with Gasteiger partial charge in [-0.25, -0.2) is 4.98 Å². The number of aromatic nitrogens is 1. The van der Waals surface area contributed by atoms with Crippen LogP contribution in [-0.2, 0) is 9.59 Å². The third-order valence-electron chi connectivity index (χ3n) is 3.74. The number of amides is 1. The Labute approximate surface area is 118 Å². The van der Waals surface area contributed by atoms with E-state index in [9.17, 15) is 9.59 Å². The van der Waals surface area contributed by atoms with E-state index in [1.54, 1.807) is 0 Å². The molecule has 1 aromatic rings. The zero-order chi connectivity index (χ0) is 14.7. The van der Waals surface area contributed by atoms with Crippen LogP contribution in [-0.4, -0.2) is 22.0 Å². The second kappa shape index (κ2) is 6.03. The highest BCUT2D eigenvalue weighted by Crippen LogP contribution is 2.30. The molecule has 1 saturated carbocycles. The maximum Gasteiger partial charge on any atom is 0.306 e. The molecule has 20 heavy (non-hydrogen) atoms. The lowest BCUT2D eigenvalue weighted by molar-refractivity contribution is -0.143. The standard InChI is InChI=1S/C15H20N2O3/c1-9-6-10(2)16-13(7-9)17-14(18)11-4-3-5-12(8-11)15(19)20/h6-7,11-12H,3-5,8H2,1-2H3,(H,19,20)(H,16,17,18). The predicted octanol–water partition coefficient (Wildman–Crippen LogP) is 2.53. The Bertz CT molecular complexity index is 508. The van der Waals surface area contributed by atoms with E-state index in [2.05, 4.69) is 10.3 Å². The molecule has 1 aliphatic rings. The highest BCUT2D eigenvalue weighted by Gasteiger charge is 2.31. The number of carbonyl (C=O) groups excluding carboxylic acids is 1. The lowest BCUT2D eigenvalue weighted by Crippen LogP contribution is -2.31. The second-order valence-electron chi connectivity index (χ2n) is 5.56. The number of nitrogens with zero attached hydrogens (tertiary/aromatic N) is 1. The van der Waals surface area contributed by atoms with Crippen molar-refractivity contribution in [2.45, 2.75) is 39.5 Å². The third kappa shape index (κ3) is 3.56. The van der Waals surface area contributed by atoms with Crippen molar-refractivity contribution >= 4 is 17.7 Å². The van der Waals surface area contributed by atoms with Gasteiger partial charge < -0.3 is 10.4 Å². The second-order valence-corrected chi connectivity index (χ2v) is 5.56. The molecule has 1 heterocycles. The van der Waals surface area contributed by atoms with Crippen LogP contribution in [0.5, 0.6) is 0 Å². The number of anilines is 1. The molecule has 1 fully saturated rings. The molecule has 0 radical (unpaired) electrons. The fraction of sp³-hybridized carbons (Fsp3) is 0.533. The summed E-state index contributed by atoms with van der Waals surface area (Å²) in [5.41, 5.74) is 1.90. The number of hydrogen-bond acceptors (Lipinski definition) is 3. The molecule has 5 heteroatoms. The predicted molar refractivity (Wildman–Crippen MR) is 75.4 cm³/mol. The van der Waals surface area contributed by atoms with Gasteiger partial charge in [-0.3, -0.25) is 9.59 Å². The SMILES string of the molecule is Cc1cc(C)nc(NC(=O)C2CCCC(C(=O)O)C2)c1. The van der Waals surface area contributed by atoms with Crippen molar-refractivity contribution < 1.29 is 14.7 Å². The maximum atomic E-state index is 12.2. The van der Waals surface area contributed by atoms with Gasteiger partial charge >= 0.3 is 5.97 Å². The molecule has 2 rings (SSSR count). The molecule has 1 aliphatic carbocycles. The minimum Gasteiger partial charge on any atom is -0.481 e. The number of carbonyl (C=O) groups is 2. The monoisotopic (exact) mass is 276 g/mol. The van der Waals surface area contributed by atoms with Gasteiger partial charge in [-0.2, -0.15) is 0 Å². The van der Waals surface area contributed by atoms with Crippen LogP contribution in [0.3, 0.4) is 0 Å². The summed E-state index contributed by atoms with van der Waals surface area (Å²) in [7, 11) is 0. The first-order valence-electron chi connectivity index (χ1n) is 6.94. The summed E-state index contributed by atoms with van der Waals surface area (Å²) in [5, 5.41) is 11.9. The molecule has 2 atom stereocenters. The molecular weight excluding hydrogens is 256 g/mol. The lowest BCUT2D eigenvalue weighted by Gasteiger charge is -2.25. The first kappa shape index (κ1) is 14.5. The molecular formula is C15H20N2O3. The van der Waals surface area contributed by atoms with Crippen molar-refractivity contribution in [1.82, 2.24) is 4.98 Å². The van der Waals surface area contributed by atoms with Crippen LogP contribution in [0.25, 0.3) is 0 Å². The van der Waals surface area contributed by atoms with Gasteiger partial charge in [-0.05, 0) is 50.8 Å². The number of carboxylic acids is 1.